The molecule has 134 valence electrons. The number of methoxy groups -OCH3 is 1. The lowest BCUT2D eigenvalue weighted by Gasteiger charge is -2.48. The normalized spacial score (nSPS) is 22.4. The van der Waals surface area contributed by atoms with Crippen molar-refractivity contribution in [1.29, 1.82) is 0 Å². The zero-order chi connectivity index (χ0) is 18.1. The molecule has 3 heterocycles. The lowest BCUT2D eigenvalue weighted by Crippen LogP contribution is -2.68. The van der Waals surface area contributed by atoms with Gasteiger partial charge in [0, 0.05) is 5.75 Å². The number of rotatable bonds is 5. The van der Waals surface area contributed by atoms with Crippen molar-refractivity contribution in [3.8, 4) is 0 Å². The van der Waals surface area contributed by atoms with Crippen LogP contribution in [0.3, 0.4) is 0 Å². The molecule has 11 nitrogen and oxygen atoms in total. The minimum Gasteiger partial charge on any atom is -0.466 e. The number of hydrogen-bond acceptors (Lipinski definition) is 10. The van der Waals surface area contributed by atoms with Gasteiger partial charge in [-0.1, -0.05) is 0 Å². The quantitative estimate of drug-likeness (QED) is 0.467. The van der Waals surface area contributed by atoms with Gasteiger partial charge in [-0.05, 0) is 17.7 Å². The molecule has 3 rings (SSSR count). The van der Waals surface area contributed by atoms with Crippen LogP contribution in [0.25, 0.3) is 0 Å². The van der Waals surface area contributed by atoms with Crippen LogP contribution in [0.4, 0.5) is 0 Å². The Morgan fingerprint density at radius 1 is 1.44 bits per heavy atom. The lowest BCUT2D eigenvalue weighted by molar-refractivity contribution is -0.158. The number of ether oxygens (including phenoxy) is 2. The van der Waals surface area contributed by atoms with Crippen LogP contribution in [0.1, 0.15) is 5.82 Å². The molecule has 2 atom stereocenters. The number of fused-ring (bicyclic) bond motifs is 1. The Hall–Kier alpha value is -2.47. The van der Waals surface area contributed by atoms with Crippen molar-refractivity contribution in [1.82, 2.24) is 25.1 Å². The molecule has 2 aliphatic rings. The van der Waals surface area contributed by atoms with Crippen LogP contribution < -0.4 is 5.73 Å². The van der Waals surface area contributed by atoms with Crippen molar-refractivity contribution in [2.75, 3.05) is 19.5 Å². The van der Waals surface area contributed by atoms with Crippen molar-refractivity contribution in [2.24, 2.45) is 5.73 Å². The molecule has 1 unspecified atom stereocenters. The standard InChI is InChI=1S/C13H16N6O5S/c1-6-15-17-18(16-6)3-7-5-25-12-9(14)11(21)19(12)10(7)13(22)24-4-8(20)23-2/h9,12H,3-5,14H2,1-2H3/t9?,12-/m1/s1. The number of carbonyl (C=O) groups excluding carboxylic acids is 3. The van der Waals surface area contributed by atoms with Crippen molar-refractivity contribution in [3.63, 3.8) is 0 Å². The Balaban J connectivity index is 1.87. The van der Waals surface area contributed by atoms with Crippen LogP contribution in [0.2, 0.25) is 0 Å². The molecule has 0 radical (unpaired) electrons. The zero-order valence-corrected chi connectivity index (χ0v) is 14.4. The predicted octanol–water partition coefficient (Wildman–Crippen LogP) is -1.81. The van der Waals surface area contributed by atoms with E-state index in [-0.39, 0.29) is 23.5 Å². The van der Waals surface area contributed by atoms with Gasteiger partial charge in [-0.15, -0.1) is 22.0 Å². The van der Waals surface area contributed by atoms with E-state index in [0.29, 0.717) is 17.2 Å². The summed E-state index contributed by atoms with van der Waals surface area (Å²) in [6.07, 6.45) is 0. The first-order valence-corrected chi connectivity index (χ1v) is 8.38. The van der Waals surface area contributed by atoms with Gasteiger partial charge in [-0.2, -0.15) is 4.80 Å². The molecule has 1 aromatic rings. The van der Waals surface area contributed by atoms with E-state index in [0.717, 1.165) is 0 Å². The largest absolute Gasteiger partial charge is 0.466 e. The van der Waals surface area contributed by atoms with Gasteiger partial charge in [0.15, 0.2) is 12.4 Å². The van der Waals surface area contributed by atoms with Crippen molar-refractivity contribution < 1.29 is 23.9 Å². The minimum absolute atomic E-state index is 0.0781. The monoisotopic (exact) mass is 368 g/mol. The first-order valence-electron chi connectivity index (χ1n) is 7.33. The summed E-state index contributed by atoms with van der Waals surface area (Å²) in [5.41, 5.74) is 6.45. The Kier molecular flexibility index (Phi) is 4.72. The van der Waals surface area contributed by atoms with E-state index in [1.807, 2.05) is 0 Å². The summed E-state index contributed by atoms with van der Waals surface area (Å²) in [5.74, 6) is -0.924. The molecule has 0 bridgehead atoms. The summed E-state index contributed by atoms with van der Waals surface area (Å²) in [6.45, 7) is 1.31. The molecular formula is C13H16N6O5S. The summed E-state index contributed by atoms with van der Waals surface area (Å²) in [6, 6.07) is -0.665. The molecule has 1 amide bonds. The number of aryl methyl sites for hydroxylation is 1. The van der Waals surface area contributed by atoms with E-state index < -0.39 is 24.6 Å². The molecule has 0 spiro atoms. The number of aromatic nitrogens is 4. The molecule has 12 heteroatoms. The second kappa shape index (κ2) is 6.80. The van der Waals surface area contributed by atoms with Gasteiger partial charge >= 0.3 is 11.9 Å². The highest BCUT2D eigenvalue weighted by Crippen LogP contribution is 2.40. The number of esters is 2. The number of thioether (sulfide) groups is 1. The van der Waals surface area contributed by atoms with E-state index in [9.17, 15) is 14.4 Å². The molecule has 0 saturated carbocycles. The third-order valence-corrected chi connectivity index (χ3v) is 5.08. The molecule has 0 aromatic carbocycles. The highest BCUT2D eigenvalue weighted by atomic mass is 32.2. The number of nitrogens with two attached hydrogens (primary N) is 1. The van der Waals surface area contributed by atoms with Crippen LogP contribution >= 0.6 is 11.8 Å². The molecule has 2 aliphatic heterocycles. The van der Waals surface area contributed by atoms with Crippen LogP contribution in [0, 0.1) is 6.92 Å². The average Bonchev–Trinajstić information content (AvgIpc) is 3.02. The number of β-lactam (4-membered cyclic amide) rings is 1. The maximum absolute atomic E-state index is 12.5. The third kappa shape index (κ3) is 3.22. The van der Waals surface area contributed by atoms with Crippen LogP contribution in [0.15, 0.2) is 11.3 Å². The third-order valence-electron chi connectivity index (χ3n) is 3.72. The van der Waals surface area contributed by atoms with E-state index in [4.69, 9.17) is 10.5 Å². The van der Waals surface area contributed by atoms with Crippen molar-refractivity contribution in [2.45, 2.75) is 24.9 Å². The molecule has 2 N–H and O–H groups in total. The second-order valence-electron chi connectivity index (χ2n) is 5.41. The van der Waals surface area contributed by atoms with Gasteiger partial charge in [-0.25, -0.2) is 9.59 Å². The summed E-state index contributed by atoms with van der Waals surface area (Å²) in [4.78, 5) is 38.4. The van der Waals surface area contributed by atoms with Crippen LogP contribution in [0.5, 0.6) is 0 Å². The molecule has 1 fully saturated rings. The van der Waals surface area contributed by atoms with Gasteiger partial charge in [0.05, 0.1) is 13.7 Å². The Morgan fingerprint density at radius 3 is 2.84 bits per heavy atom. The van der Waals surface area contributed by atoms with Crippen molar-refractivity contribution in [3.05, 3.63) is 17.1 Å². The fraction of sp³-hybridized carbons (Fsp3) is 0.538. The zero-order valence-electron chi connectivity index (χ0n) is 13.5. The molecular weight excluding hydrogens is 352 g/mol. The predicted molar refractivity (Wildman–Crippen MR) is 83.6 cm³/mol. The number of nitrogens with zero attached hydrogens (tertiary/aromatic N) is 5. The van der Waals surface area contributed by atoms with Gasteiger partial charge < -0.3 is 15.2 Å². The second-order valence-corrected chi connectivity index (χ2v) is 6.51. The van der Waals surface area contributed by atoms with Gasteiger partial charge in [0.2, 0.25) is 5.91 Å². The first kappa shape index (κ1) is 17.4. The fourth-order valence-electron chi connectivity index (χ4n) is 2.50. The van der Waals surface area contributed by atoms with Crippen molar-refractivity contribution >= 4 is 29.6 Å². The average molecular weight is 368 g/mol. The summed E-state index contributed by atoms with van der Waals surface area (Å²) in [7, 11) is 1.19. The van der Waals surface area contributed by atoms with E-state index in [1.54, 1.807) is 6.92 Å². The highest BCUT2D eigenvalue weighted by molar-refractivity contribution is 8.00. The number of amides is 1. The van der Waals surface area contributed by atoms with Gasteiger partial charge in [0.1, 0.15) is 17.1 Å². The summed E-state index contributed by atoms with van der Waals surface area (Å²) >= 11 is 1.44. The van der Waals surface area contributed by atoms with E-state index >= 15 is 0 Å². The van der Waals surface area contributed by atoms with Crippen LogP contribution in [-0.4, -0.2) is 73.8 Å². The molecule has 1 aromatic heterocycles. The number of tetrazole rings is 1. The molecule has 0 aliphatic carbocycles. The lowest BCUT2D eigenvalue weighted by atomic mass is 10.0. The summed E-state index contributed by atoms with van der Waals surface area (Å²) < 4.78 is 9.41. The topological polar surface area (TPSA) is 143 Å². The minimum atomic E-state index is -0.789. The Morgan fingerprint density at radius 2 is 2.20 bits per heavy atom. The maximum atomic E-state index is 12.5. The number of carbonyl (C=O) groups is 3. The van der Waals surface area contributed by atoms with E-state index in [1.165, 1.54) is 28.6 Å². The van der Waals surface area contributed by atoms with Gasteiger partial charge in [-0.3, -0.25) is 9.69 Å². The van der Waals surface area contributed by atoms with Gasteiger partial charge in [0.25, 0.3) is 0 Å². The van der Waals surface area contributed by atoms with Crippen LogP contribution in [-0.2, 0) is 30.4 Å². The molecule has 25 heavy (non-hydrogen) atoms. The number of hydrogen-bond donors (Lipinski definition) is 1. The van der Waals surface area contributed by atoms with E-state index in [2.05, 4.69) is 20.1 Å². The SMILES string of the molecule is COC(=O)COC(=O)C1=C(Cn2nnc(C)n2)CS[C@@H]2C(N)C(=O)N12. The highest BCUT2D eigenvalue weighted by Gasteiger charge is 2.52. The fourth-order valence-corrected chi connectivity index (χ4v) is 3.78. The summed E-state index contributed by atoms with van der Waals surface area (Å²) in [5, 5.41) is 11.4. The maximum Gasteiger partial charge on any atom is 0.355 e. The Labute approximate surface area is 146 Å². The smallest absolute Gasteiger partial charge is 0.355 e. The molecule has 1 saturated heterocycles. The first-order chi connectivity index (χ1) is 11.9. The Bertz CT molecular complexity index is 762.